The van der Waals surface area contributed by atoms with Crippen molar-refractivity contribution < 1.29 is 14.8 Å². The lowest BCUT2D eigenvalue weighted by molar-refractivity contribution is -0.384. The maximum absolute atomic E-state index is 11.4. The van der Waals surface area contributed by atoms with Crippen LogP contribution >= 0.6 is 0 Å². The lowest BCUT2D eigenvalue weighted by Crippen LogP contribution is -2.15. The molecule has 0 amide bonds. The summed E-state index contributed by atoms with van der Waals surface area (Å²) in [6, 6.07) is 5.97. The highest BCUT2D eigenvalue weighted by Gasteiger charge is 2.11. The van der Waals surface area contributed by atoms with E-state index in [1.807, 2.05) is 0 Å². The summed E-state index contributed by atoms with van der Waals surface area (Å²) in [5.74, 6) is -0.0942. The molecule has 0 saturated carbocycles. The van der Waals surface area contributed by atoms with Gasteiger partial charge in [-0.3, -0.25) is 14.9 Å². The van der Waals surface area contributed by atoms with Gasteiger partial charge in [-0.2, -0.15) is 0 Å². The summed E-state index contributed by atoms with van der Waals surface area (Å²) in [7, 11) is 0. The van der Waals surface area contributed by atoms with Crippen LogP contribution in [0.15, 0.2) is 30.3 Å². The zero-order chi connectivity index (χ0) is 14.4. The summed E-state index contributed by atoms with van der Waals surface area (Å²) in [5, 5.41) is 20.1. The lowest BCUT2D eigenvalue weighted by atomic mass is 10.0. The van der Waals surface area contributed by atoms with Crippen LogP contribution in [0.2, 0.25) is 0 Å². The van der Waals surface area contributed by atoms with E-state index < -0.39 is 11.0 Å². The van der Waals surface area contributed by atoms with E-state index in [1.54, 1.807) is 32.1 Å². The first-order valence-corrected chi connectivity index (χ1v) is 6.03. The number of rotatable bonds is 6. The number of benzene rings is 1. The Hall–Kier alpha value is -2.01. The highest BCUT2D eigenvalue weighted by molar-refractivity contribution is 5.81. The van der Waals surface area contributed by atoms with Crippen LogP contribution in [0.5, 0.6) is 0 Å². The van der Waals surface area contributed by atoms with Gasteiger partial charge in [-0.25, -0.2) is 0 Å². The quantitative estimate of drug-likeness (QED) is 0.631. The number of hydrogen-bond donors (Lipinski definition) is 1. The molecule has 19 heavy (non-hydrogen) atoms. The molecule has 0 spiro atoms. The molecule has 0 aromatic heterocycles. The van der Waals surface area contributed by atoms with Crippen molar-refractivity contribution in [3.63, 3.8) is 0 Å². The second-order valence-corrected chi connectivity index (χ2v) is 4.60. The summed E-state index contributed by atoms with van der Waals surface area (Å²) in [5.41, 5.74) is 0.759. The van der Waals surface area contributed by atoms with Crippen molar-refractivity contribution in [2.24, 2.45) is 5.92 Å². The molecule has 1 rings (SSSR count). The predicted octanol–water partition coefficient (Wildman–Crippen LogP) is 2.58. The van der Waals surface area contributed by atoms with Crippen molar-refractivity contribution in [2.75, 3.05) is 0 Å². The molecule has 0 aliphatic heterocycles. The topological polar surface area (TPSA) is 80.4 Å². The van der Waals surface area contributed by atoms with Gasteiger partial charge in [0.15, 0.2) is 0 Å². The maximum Gasteiger partial charge on any atom is 0.269 e. The van der Waals surface area contributed by atoms with E-state index in [-0.39, 0.29) is 23.8 Å². The third-order valence-corrected chi connectivity index (χ3v) is 2.67. The van der Waals surface area contributed by atoms with Crippen LogP contribution < -0.4 is 0 Å². The standard InChI is InChI=1S/C14H17NO4/c1-10(2)14(17)9-13(16)8-5-11-3-6-12(7-4-11)15(18)19/h3-8,10,13,16H,9H2,1-2H3/b8-5+/t13-/m0/s1. The number of nitro groups is 1. The van der Waals surface area contributed by atoms with Crippen molar-refractivity contribution in [3.05, 3.63) is 46.0 Å². The van der Waals surface area contributed by atoms with Crippen molar-refractivity contribution in [1.82, 2.24) is 0 Å². The number of aliphatic hydroxyl groups is 1. The van der Waals surface area contributed by atoms with Crippen LogP contribution in [-0.2, 0) is 4.79 Å². The van der Waals surface area contributed by atoms with Gasteiger partial charge in [0, 0.05) is 24.5 Å². The minimum absolute atomic E-state index is 0.000787. The van der Waals surface area contributed by atoms with E-state index in [4.69, 9.17) is 0 Å². The van der Waals surface area contributed by atoms with Crippen molar-refractivity contribution >= 4 is 17.5 Å². The molecule has 0 saturated heterocycles. The largest absolute Gasteiger partial charge is 0.389 e. The first-order valence-electron chi connectivity index (χ1n) is 6.03. The minimum atomic E-state index is -0.829. The molecule has 0 bridgehead atoms. The molecule has 0 radical (unpaired) electrons. The molecule has 1 aromatic carbocycles. The molecular formula is C14H17NO4. The number of carbonyl (C=O) groups is 1. The number of non-ortho nitro benzene ring substituents is 1. The molecule has 1 N–H and O–H groups in total. The van der Waals surface area contributed by atoms with Gasteiger partial charge < -0.3 is 5.11 Å². The molecule has 5 heteroatoms. The first-order chi connectivity index (χ1) is 8.90. The molecule has 0 unspecified atom stereocenters. The zero-order valence-corrected chi connectivity index (χ0v) is 10.9. The Bertz CT molecular complexity index is 477. The van der Waals surface area contributed by atoms with Gasteiger partial charge in [0.05, 0.1) is 11.0 Å². The summed E-state index contributed by atoms with van der Waals surface area (Å²) in [6.07, 6.45) is 2.41. The summed E-state index contributed by atoms with van der Waals surface area (Å²) in [4.78, 5) is 21.4. The summed E-state index contributed by atoms with van der Waals surface area (Å²) in [6.45, 7) is 3.57. The number of ketones is 1. The molecule has 0 heterocycles. The molecular weight excluding hydrogens is 246 g/mol. The molecule has 0 fully saturated rings. The fraction of sp³-hybridized carbons (Fsp3) is 0.357. The van der Waals surface area contributed by atoms with E-state index in [2.05, 4.69) is 0 Å². The van der Waals surface area contributed by atoms with Crippen LogP contribution in [0, 0.1) is 16.0 Å². The minimum Gasteiger partial charge on any atom is -0.389 e. The smallest absolute Gasteiger partial charge is 0.269 e. The maximum atomic E-state index is 11.4. The van der Waals surface area contributed by atoms with Crippen LogP contribution in [0.4, 0.5) is 5.69 Å². The fourth-order valence-corrected chi connectivity index (χ4v) is 1.44. The fourth-order valence-electron chi connectivity index (χ4n) is 1.44. The van der Waals surface area contributed by atoms with Gasteiger partial charge in [0.25, 0.3) is 5.69 Å². The Morgan fingerprint density at radius 3 is 2.42 bits per heavy atom. The van der Waals surface area contributed by atoms with Gasteiger partial charge in [0.2, 0.25) is 0 Å². The monoisotopic (exact) mass is 263 g/mol. The second kappa shape index (κ2) is 6.80. The highest BCUT2D eigenvalue weighted by atomic mass is 16.6. The van der Waals surface area contributed by atoms with E-state index in [0.717, 1.165) is 5.56 Å². The number of aliphatic hydroxyl groups excluding tert-OH is 1. The van der Waals surface area contributed by atoms with E-state index in [0.29, 0.717) is 0 Å². The van der Waals surface area contributed by atoms with Crippen molar-refractivity contribution in [3.8, 4) is 0 Å². The third-order valence-electron chi connectivity index (χ3n) is 2.67. The average Bonchev–Trinajstić information content (AvgIpc) is 2.36. The van der Waals surface area contributed by atoms with Crippen molar-refractivity contribution in [2.45, 2.75) is 26.4 Å². The molecule has 0 aliphatic rings. The Labute approximate surface area is 111 Å². The highest BCUT2D eigenvalue weighted by Crippen LogP contribution is 2.13. The van der Waals surface area contributed by atoms with Crippen LogP contribution in [0.3, 0.4) is 0 Å². The van der Waals surface area contributed by atoms with E-state index >= 15 is 0 Å². The normalized spacial score (nSPS) is 12.8. The zero-order valence-electron chi connectivity index (χ0n) is 10.9. The number of nitrogens with zero attached hydrogens (tertiary/aromatic N) is 1. The Kier molecular flexibility index (Phi) is 5.38. The van der Waals surface area contributed by atoms with E-state index in [9.17, 15) is 20.0 Å². The van der Waals surface area contributed by atoms with E-state index in [1.165, 1.54) is 18.2 Å². The molecule has 5 nitrogen and oxygen atoms in total. The number of hydrogen-bond acceptors (Lipinski definition) is 4. The first kappa shape index (κ1) is 15.0. The molecule has 0 aliphatic carbocycles. The second-order valence-electron chi connectivity index (χ2n) is 4.60. The number of Topliss-reactive ketones (excluding diaryl/α,β-unsaturated/α-hetero) is 1. The Balaban J connectivity index is 2.61. The van der Waals surface area contributed by atoms with Crippen LogP contribution in [0.1, 0.15) is 25.8 Å². The Morgan fingerprint density at radius 2 is 1.95 bits per heavy atom. The molecule has 102 valence electrons. The third kappa shape index (κ3) is 5.01. The predicted molar refractivity (Wildman–Crippen MR) is 72.6 cm³/mol. The summed E-state index contributed by atoms with van der Waals surface area (Å²) >= 11 is 0. The van der Waals surface area contributed by atoms with Gasteiger partial charge in [0.1, 0.15) is 5.78 Å². The summed E-state index contributed by atoms with van der Waals surface area (Å²) < 4.78 is 0. The van der Waals surface area contributed by atoms with Gasteiger partial charge >= 0.3 is 0 Å². The lowest BCUT2D eigenvalue weighted by Gasteiger charge is -2.06. The number of carbonyl (C=O) groups excluding carboxylic acids is 1. The van der Waals surface area contributed by atoms with Crippen LogP contribution in [0.25, 0.3) is 6.08 Å². The average molecular weight is 263 g/mol. The Morgan fingerprint density at radius 1 is 1.37 bits per heavy atom. The number of nitro benzene ring substituents is 1. The van der Waals surface area contributed by atoms with Crippen molar-refractivity contribution in [1.29, 1.82) is 0 Å². The SMILES string of the molecule is CC(C)C(=O)C[C@@H](O)/C=C/c1ccc([N+](=O)[O-])cc1. The van der Waals surface area contributed by atoms with Crippen LogP contribution in [-0.4, -0.2) is 21.9 Å². The molecule has 1 atom stereocenters. The van der Waals surface area contributed by atoms with Gasteiger partial charge in [-0.15, -0.1) is 0 Å². The molecule has 1 aromatic rings. The van der Waals surface area contributed by atoms with Gasteiger partial charge in [-0.1, -0.05) is 26.0 Å². The van der Waals surface area contributed by atoms with Gasteiger partial charge in [-0.05, 0) is 17.7 Å².